The number of rotatable bonds is 8. The number of hydrogen-bond acceptors (Lipinski definition) is 7. The number of non-ortho nitro benzene ring substituents is 1. The second-order valence-corrected chi connectivity index (χ2v) is 8.35. The highest BCUT2D eigenvalue weighted by atomic mass is 19.4. The maximum Gasteiger partial charge on any atom is 0.416 e. The molecule has 0 spiro atoms. The molecule has 37 heavy (non-hydrogen) atoms. The van der Waals surface area contributed by atoms with Crippen molar-refractivity contribution in [3.05, 3.63) is 93.3 Å². The highest BCUT2D eigenvalue weighted by molar-refractivity contribution is 5.92. The summed E-state index contributed by atoms with van der Waals surface area (Å²) in [6.07, 6.45) is -4.74. The number of nitro groups is 1. The molecule has 0 radical (unpaired) electrons. The summed E-state index contributed by atoms with van der Waals surface area (Å²) in [5.74, 6) is 1.63. The summed E-state index contributed by atoms with van der Waals surface area (Å²) in [6, 6.07) is 14.7. The van der Waals surface area contributed by atoms with Crippen LogP contribution in [0.3, 0.4) is 0 Å². The van der Waals surface area contributed by atoms with Gasteiger partial charge >= 0.3 is 6.18 Å². The summed E-state index contributed by atoms with van der Waals surface area (Å²) in [6.45, 7) is 3.55. The number of alkyl halides is 3. The molecule has 0 saturated heterocycles. The maximum absolute atomic E-state index is 13.4. The summed E-state index contributed by atoms with van der Waals surface area (Å²) in [7, 11) is 1.51. The molecule has 4 rings (SSSR count). The Morgan fingerprint density at radius 3 is 2.43 bits per heavy atom. The smallest absolute Gasteiger partial charge is 0.416 e. The van der Waals surface area contributed by atoms with E-state index in [2.05, 4.69) is 15.3 Å². The van der Waals surface area contributed by atoms with Crippen LogP contribution >= 0.6 is 0 Å². The first kappa shape index (κ1) is 25.7. The number of methoxy groups -OCH3 is 1. The largest absolute Gasteiger partial charge is 0.493 e. The van der Waals surface area contributed by atoms with Gasteiger partial charge in [0.25, 0.3) is 5.69 Å². The normalized spacial score (nSPS) is 12.3. The lowest BCUT2D eigenvalue weighted by atomic mass is 10.0. The summed E-state index contributed by atoms with van der Waals surface area (Å²) < 4.78 is 51.6. The molecule has 3 aromatic carbocycles. The molecule has 0 bridgehead atoms. The quantitative estimate of drug-likeness (QED) is 0.209. The van der Waals surface area contributed by atoms with E-state index >= 15 is 0 Å². The first-order valence-electron chi connectivity index (χ1n) is 11.2. The Bertz CT molecular complexity index is 1450. The topological polar surface area (TPSA) is 99.4 Å². The first-order valence-corrected chi connectivity index (χ1v) is 11.2. The van der Waals surface area contributed by atoms with E-state index in [0.29, 0.717) is 40.1 Å². The van der Waals surface area contributed by atoms with Crippen molar-refractivity contribution in [1.82, 2.24) is 9.97 Å². The molecule has 1 N–H and O–H groups in total. The van der Waals surface area contributed by atoms with Crippen LogP contribution in [0.4, 0.5) is 24.7 Å². The lowest BCUT2D eigenvalue weighted by Gasteiger charge is -2.19. The van der Waals surface area contributed by atoms with Crippen molar-refractivity contribution in [3.63, 3.8) is 0 Å². The molecule has 0 aliphatic carbocycles. The van der Waals surface area contributed by atoms with Gasteiger partial charge in [0.05, 0.1) is 29.2 Å². The fourth-order valence-corrected chi connectivity index (χ4v) is 3.81. The number of aromatic nitrogens is 2. The number of ether oxygens (including phenoxy) is 2. The number of hydrogen-bond donors (Lipinski definition) is 1. The van der Waals surface area contributed by atoms with Crippen LogP contribution in [0.25, 0.3) is 10.9 Å². The maximum atomic E-state index is 13.4. The Morgan fingerprint density at radius 2 is 1.78 bits per heavy atom. The zero-order valence-corrected chi connectivity index (χ0v) is 20.2. The van der Waals surface area contributed by atoms with Crippen LogP contribution in [0.5, 0.6) is 11.5 Å². The van der Waals surface area contributed by atoms with E-state index in [1.54, 1.807) is 26.0 Å². The molecule has 0 saturated carbocycles. The number of nitrogens with one attached hydrogen (secondary N) is 1. The van der Waals surface area contributed by atoms with E-state index in [0.717, 1.165) is 17.7 Å². The molecule has 0 fully saturated rings. The number of anilines is 1. The fraction of sp³-hybridized carbons (Fsp3) is 0.231. The summed E-state index contributed by atoms with van der Waals surface area (Å²) in [5, 5.41) is 14.9. The number of nitrogens with zero attached hydrogens (tertiary/aromatic N) is 3. The third kappa shape index (κ3) is 5.88. The van der Waals surface area contributed by atoms with Crippen LogP contribution < -0.4 is 14.8 Å². The Balaban J connectivity index is 1.72. The van der Waals surface area contributed by atoms with Gasteiger partial charge in [0.2, 0.25) is 0 Å². The number of benzene rings is 3. The highest BCUT2D eigenvalue weighted by Gasteiger charge is 2.33. The van der Waals surface area contributed by atoms with Crippen molar-refractivity contribution in [3.8, 4) is 11.5 Å². The third-order valence-corrected chi connectivity index (χ3v) is 5.66. The molecule has 8 nitrogen and oxygen atoms in total. The van der Waals surface area contributed by atoms with Crippen LogP contribution in [0.15, 0.2) is 60.7 Å². The van der Waals surface area contributed by atoms with E-state index in [1.807, 2.05) is 30.3 Å². The zero-order chi connectivity index (χ0) is 26.7. The molecular weight excluding hydrogens is 489 g/mol. The molecule has 1 heterocycles. The van der Waals surface area contributed by atoms with Crippen LogP contribution in [0.2, 0.25) is 0 Å². The number of aryl methyl sites for hydroxylation is 1. The van der Waals surface area contributed by atoms with Gasteiger partial charge in [-0.15, -0.1) is 0 Å². The second kappa shape index (κ2) is 10.3. The summed E-state index contributed by atoms with van der Waals surface area (Å²) >= 11 is 0. The van der Waals surface area contributed by atoms with E-state index in [4.69, 9.17) is 9.47 Å². The van der Waals surface area contributed by atoms with Crippen molar-refractivity contribution < 1.29 is 27.6 Å². The van der Waals surface area contributed by atoms with Gasteiger partial charge in [-0.2, -0.15) is 13.2 Å². The van der Waals surface area contributed by atoms with Gasteiger partial charge < -0.3 is 14.8 Å². The molecular formula is C26H23F3N4O4. The minimum absolute atomic E-state index is 0.0833. The van der Waals surface area contributed by atoms with Crippen LogP contribution in [-0.4, -0.2) is 22.0 Å². The molecule has 0 aliphatic rings. The van der Waals surface area contributed by atoms with E-state index in [1.165, 1.54) is 7.11 Å². The molecule has 0 unspecified atom stereocenters. The first-order chi connectivity index (χ1) is 17.5. The molecule has 1 aromatic heterocycles. The monoisotopic (exact) mass is 512 g/mol. The van der Waals surface area contributed by atoms with Gasteiger partial charge in [-0.1, -0.05) is 30.3 Å². The number of nitro benzene ring substituents is 1. The summed E-state index contributed by atoms with van der Waals surface area (Å²) in [4.78, 5) is 19.3. The van der Waals surface area contributed by atoms with Gasteiger partial charge in [-0.25, -0.2) is 9.97 Å². The van der Waals surface area contributed by atoms with Gasteiger partial charge in [0.15, 0.2) is 11.5 Å². The van der Waals surface area contributed by atoms with E-state index in [-0.39, 0.29) is 12.2 Å². The standard InChI is InChI=1S/C26H23F3N4O4/c1-15(18-9-19(26(27,28)29)11-20(10-18)33(34)35)30-25-21-12-24(37-14-17-7-5-4-6-8-17)23(36-3)13-22(21)31-16(2)32-25/h4-13,15H,14H2,1-3H3,(H,30,31,32)/t15-/m1/s1. The Kier molecular flexibility index (Phi) is 7.14. The zero-order valence-electron chi connectivity index (χ0n) is 20.2. The third-order valence-electron chi connectivity index (χ3n) is 5.66. The number of fused-ring (bicyclic) bond motifs is 1. The Labute approximate surface area is 210 Å². The number of halogens is 3. The minimum atomic E-state index is -4.74. The van der Waals surface area contributed by atoms with Crippen molar-refractivity contribution in [2.24, 2.45) is 0 Å². The molecule has 0 amide bonds. The van der Waals surface area contributed by atoms with Gasteiger partial charge in [-0.3, -0.25) is 10.1 Å². The van der Waals surface area contributed by atoms with Crippen molar-refractivity contribution in [2.75, 3.05) is 12.4 Å². The van der Waals surface area contributed by atoms with Crippen molar-refractivity contribution >= 4 is 22.4 Å². The molecule has 11 heteroatoms. The summed E-state index contributed by atoms with van der Waals surface area (Å²) in [5.41, 5.74) is -0.192. The van der Waals surface area contributed by atoms with Gasteiger partial charge in [0, 0.05) is 23.6 Å². The molecule has 192 valence electrons. The van der Waals surface area contributed by atoms with Crippen LogP contribution in [0.1, 0.15) is 35.5 Å². The predicted molar refractivity (Wildman–Crippen MR) is 132 cm³/mol. The average Bonchev–Trinajstić information content (AvgIpc) is 2.86. The predicted octanol–water partition coefficient (Wildman–Crippen LogP) is 6.63. The SMILES string of the molecule is COc1cc2nc(C)nc(N[C@H](C)c3cc([N+](=O)[O-])cc(C(F)(F)F)c3)c2cc1OCc1ccccc1. The average molecular weight is 512 g/mol. The fourth-order valence-electron chi connectivity index (χ4n) is 3.81. The molecule has 4 aromatic rings. The van der Waals surface area contributed by atoms with Crippen molar-refractivity contribution in [1.29, 1.82) is 0 Å². The van der Waals surface area contributed by atoms with E-state index < -0.39 is 28.4 Å². The van der Waals surface area contributed by atoms with Crippen LogP contribution in [-0.2, 0) is 12.8 Å². The van der Waals surface area contributed by atoms with E-state index in [9.17, 15) is 23.3 Å². The van der Waals surface area contributed by atoms with Crippen LogP contribution in [0, 0.1) is 17.0 Å². The second-order valence-electron chi connectivity index (χ2n) is 8.35. The molecule has 1 atom stereocenters. The Hall–Kier alpha value is -4.41. The lowest BCUT2D eigenvalue weighted by Crippen LogP contribution is -2.13. The minimum Gasteiger partial charge on any atom is -0.493 e. The highest BCUT2D eigenvalue weighted by Crippen LogP contribution is 2.37. The lowest BCUT2D eigenvalue weighted by molar-refractivity contribution is -0.385. The molecule has 0 aliphatic heterocycles. The van der Waals surface area contributed by atoms with Crippen molar-refractivity contribution in [2.45, 2.75) is 32.7 Å². The Morgan fingerprint density at radius 1 is 1.05 bits per heavy atom. The van der Waals surface area contributed by atoms with Gasteiger partial charge in [-0.05, 0) is 37.1 Å². The van der Waals surface area contributed by atoms with Gasteiger partial charge in [0.1, 0.15) is 18.2 Å².